The molecule has 7 heteroatoms. The molecule has 0 aliphatic carbocycles. The van der Waals surface area contributed by atoms with Crippen molar-refractivity contribution in [2.24, 2.45) is 0 Å². The van der Waals surface area contributed by atoms with Crippen molar-refractivity contribution in [3.63, 3.8) is 0 Å². The van der Waals surface area contributed by atoms with E-state index in [1.54, 1.807) is 0 Å². The molecule has 15 heavy (non-hydrogen) atoms. The Hall–Kier alpha value is -1.40. The van der Waals surface area contributed by atoms with Gasteiger partial charge >= 0.3 is 6.18 Å². The van der Waals surface area contributed by atoms with Gasteiger partial charge in [0.1, 0.15) is 11.4 Å². The summed E-state index contributed by atoms with van der Waals surface area (Å²) < 4.78 is 65.5. The van der Waals surface area contributed by atoms with Crippen molar-refractivity contribution in [1.29, 1.82) is 0 Å². The molecule has 0 fully saturated rings. The van der Waals surface area contributed by atoms with Gasteiger partial charge in [-0.05, 0) is 12.1 Å². The van der Waals surface area contributed by atoms with Crippen molar-refractivity contribution in [2.45, 2.75) is 12.6 Å². The highest BCUT2D eigenvalue weighted by Crippen LogP contribution is 2.35. The standard InChI is InChI=1S/C8H6F5NO/c1-15-5-3-2-4(7(9)10)14-6(5)8(11,12)13/h2-3,7H,1H3. The predicted octanol–water partition coefficient (Wildman–Crippen LogP) is 3.05. The van der Waals surface area contributed by atoms with E-state index in [1.165, 1.54) is 0 Å². The Balaban J connectivity index is 3.26. The lowest BCUT2D eigenvalue weighted by Crippen LogP contribution is -2.11. The van der Waals surface area contributed by atoms with Gasteiger partial charge in [0, 0.05) is 0 Å². The van der Waals surface area contributed by atoms with Crippen molar-refractivity contribution >= 4 is 0 Å². The van der Waals surface area contributed by atoms with Crippen LogP contribution in [-0.2, 0) is 6.18 Å². The topological polar surface area (TPSA) is 22.1 Å². The molecule has 1 aromatic heterocycles. The zero-order valence-electron chi connectivity index (χ0n) is 7.48. The zero-order valence-corrected chi connectivity index (χ0v) is 7.48. The molecule has 0 amide bonds. The van der Waals surface area contributed by atoms with E-state index in [4.69, 9.17) is 0 Å². The van der Waals surface area contributed by atoms with E-state index >= 15 is 0 Å². The van der Waals surface area contributed by atoms with Gasteiger partial charge in [-0.1, -0.05) is 0 Å². The minimum Gasteiger partial charge on any atom is -0.494 e. The molecule has 0 aliphatic heterocycles. The van der Waals surface area contributed by atoms with Gasteiger partial charge in [-0.25, -0.2) is 13.8 Å². The van der Waals surface area contributed by atoms with Crippen LogP contribution in [0.2, 0.25) is 0 Å². The van der Waals surface area contributed by atoms with Crippen LogP contribution in [0.5, 0.6) is 5.75 Å². The third kappa shape index (κ3) is 2.54. The van der Waals surface area contributed by atoms with E-state index < -0.39 is 29.7 Å². The summed E-state index contributed by atoms with van der Waals surface area (Å²) in [5, 5.41) is 0. The monoisotopic (exact) mass is 227 g/mol. The van der Waals surface area contributed by atoms with Crippen LogP contribution in [0.3, 0.4) is 0 Å². The second-order valence-corrected chi connectivity index (χ2v) is 2.59. The molecule has 0 saturated carbocycles. The molecule has 84 valence electrons. The Labute approximate surface area is 81.7 Å². The summed E-state index contributed by atoms with van der Waals surface area (Å²) in [6.45, 7) is 0. The van der Waals surface area contributed by atoms with E-state index in [9.17, 15) is 22.0 Å². The molecule has 0 saturated heterocycles. The summed E-state index contributed by atoms with van der Waals surface area (Å²) in [5.41, 5.74) is -2.37. The molecule has 0 N–H and O–H groups in total. The SMILES string of the molecule is COc1ccc(C(F)F)nc1C(F)(F)F. The van der Waals surface area contributed by atoms with Crippen LogP contribution in [0.15, 0.2) is 12.1 Å². The van der Waals surface area contributed by atoms with Crippen LogP contribution >= 0.6 is 0 Å². The van der Waals surface area contributed by atoms with E-state index in [1.807, 2.05) is 0 Å². The quantitative estimate of drug-likeness (QED) is 0.724. The highest BCUT2D eigenvalue weighted by atomic mass is 19.4. The normalized spacial score (nSPS) is 11.9. The van der Waals surface area contributed by atoms with Gasteiger partial charge in [-0.3, -0.25) is 0 Å². The Kier molecular flexibility index (Phi) is 3.11. The molecular formula is C8H6F5NO. The molecule has 2 nitrogen and oxygen atoms in total. The second-order valence-electron chi connectivity index (χ2n) is 2.59. The van der Waals surface area contributed by atoms with Gasteiger partial charge in [0.15, 0.2) is 5.69 Å². The number of aromatic nitrogens is 1. The molecule has 0 aliphatic rings. The first-order valence-corrected chi connectivity index (χ1v) is 3.76. The van der Waals surface area contributed by atoms with Gasteiger partial charge in [0.05, 0.1) is 7.11 Å². The van der Waals surface area contributed by atoms with E-state index in [0.29, 0.717) is 0 Å². The minimum atomic E-state index is -4.81. The third-order valence-corrected chi connectivity index (χ3v) is 1.59. The minimum absolute atomic E-state index is 0.577. The molecule has 0 atom stereocenters. The fourth-order valence-corrected chi connectivity index (χ4v) is 0.951. The first-order chi connectivity index (χ1) is 6.86. The number of ether oxygens (including phenoxy) is 1. The highest BCUT2D eigenvalue weighted by Gasteiger charge is 2.37. The number of hydrogen-bond acceptors (Lipinski definition) is 2. The fraction of sp³-hybridized carbons (Fsp3) is 0.375. The Morgan fingerprint density at radius 3 is 2.27 bits per heavy atom. The average molecular weight is 227 g/mol. The van der Waals surface area contributed by atoms with Crippen LogP contribution < -0.4 is 4.74 Å². The van der Waals surface area contributed by atoms with Gasteiger partial charge in [-0.2, -0.15) is 13.2 Å². The summed E-state index contributed by atoms with van der Waals surface area (Å²) in [5.74, 6) is -0.577. The lowest BCUT2D eigenvalue weighted by molar-refractivity contribution is -0.142. The smallest absolute Gasteiger partial charge is 0.437 e. The van der Waals surface area contributed by atoms with E-state index in [0.717, 1.165) is 19.2 Å². The molecule has 0 radical (unpaired) electrons. The fourth-order valence-electron chi connectivity index (χ4n) is 0.951. The van der Waals surface area contributed by atoms with Crippen LogP contribution in [-0.4, -0.2) is 12.1 Å². The summed E-state index contributed by atoms with van der Waals surface area (Å²) >= 11 is 0. The summed E-state index contributed by atoms with van der Waals surface area (Å²) in [6.07, 6.45) is -7.85. The maximum Gasteiger partial charge on any atom is 0.437 e. The van der Waals surface area contributed by atoms with E-state index in [-0.39, 0.29) is 0 Å². The number of pyridine rings is 1. The van der Waals surface area contributed by atoms with Crippen molar-refractivity contribution in [2.75, 3.05) is 7.11 Å². The lowest BCUT2D eigenvalue weighted by Gasteiger charge is -2.11. The molecular weight excluding hydrogens is 221 g/mol. The largest absolute Gasteiger partial charge is 0.494 e. The highest BCUT2D eigenvalue weighted by molar-refractivity contribution is 5.31. The van der Waals surface area contributed by atoms with Crippen molar-refractivity contribution in [3.05, 3.63) is 23.5 Å². The third-order valence-electron chi connectivity index (χ3n) is 1.59. The molecule has 1 heterocycles. The molecule has 0 bridgehead atoms. The van der Waals surface area contributed by atoms with Gasteiger partial charge in [-0.15, -0.1) is 0 Å². The molecule has 0 spiro atoms. The maximum atomic E-state index is 12.3. The Morgan fingerprint density at radius 2 is 1.87 bits per heavy atom. The van der Waals surface area contributed by atoms with Crippen molar-refractivity contribution < 1.29 is 26.7 Å². The molecule has 0 unspecified atom stereocenters. The Morgan fingerprint density at radius 1 is 1.27 bits per heavy atom. The van der Waals surface area contributed by atoms with Gasteiger partial charge in [0.2, 0.25) is 0 Å². The molecule has 1 aromatic rings. The average Bonchev–Trinajstić information content (AvgIpc) is 2.15. The number of methoxy groups -OCH3 is 1. The number of halogens is 5. The van der Waals surface area contributed by atoms with E-state index in [2.05, 4.69) is 9.72 Å². The predicted molar refractivity (Wildman–Crippen MR) is 40.7 cm³/mol. The first kappa shape index (κ1) is 11.7. The number of alkyl halides is 5. The first-order valence-electron chi connectivity index (χ1n) is 3.76. The molecule has 1 rings (SSSR count). The van der Waals surface area contributed by atoms with Crippen molar-refractivity contribution in [1.82, 2.24) is 4.98 Å². The van der Waals surface area contributed by atoms with Crippen LogP contribution in [0.1, 0.15) is 17.8 Å². The van der Waals surface area contributed by atoms with Gasteiger partial charge < -0.3 is 4.74 Å². The van der Waals surface area contributed by atoms with Crippen LogP contribution in [0.4, 0.5) is 22.0 Å². The second kappa shape index (κ2) is 4.00. The Bertz CT molecular complexity index is 349. The summed E-state index contributed by atoms with van der Waals surface area (Å²) in [4.78, 5) is 2.81. The van der Waals surface area contributed by atoms with Gasteiger partial charge in [0.25, 0.3) is 6.43 Å². The van der Waals surface area contributed by atoms with Crippen LogP contribution in [0, 0.1) is 0 Å². The summed E-state index contributed by atoms with van der Waals surface area (Å²) in [6, 6.07) is 1.61. The summed E-state index contributed by atoms with van der Waals surface area (Å²) in [7, 11) is 1.01. The maximum absolute atomic E-state index is 12.3. The number of rotatable bonds is 2. The lowest BCUT2D eigenvalue weighted by atomic mass is 10.2. The molecule has 0 aromatic carbocycles. The number of nitrogens with zero attached hydrogens (tertiary/aromatic N) is 1. The van der Waals surface area contributed by atoms with Crippen molar-refractivity contribution in [3.8, 4) is 5.75 Å². The van der Waals surface area contributed by atoms with Crippen LogP contribution in [0.25, 0.3) is 0 Å². The number of hydrogen-bond donors (Lipinski definition) is 0. The zero-order chi connectivity index (χ0) is 11.6.